The summed E-state index contributed by atoms with van der Waals surface area (Å²) in [6.45, 7) is 3.12. The van der Waals surface area contributed by atoms with Gasteiger partial charge in [-0.05, 0) is 31.2 Å². The number of sulfone groups is 1. The van der Waals surface area contributed by atoms with Crippen LogP contribution in [0.5, 0.6) is 0 Å². The van der Waals surface area contributed by atoms with Crippen LogP contribution in [0.3, 0.4) is 0 Å². The summed E-state index contributed by atoms with van der Waals surface area (Å²) >= 11 is 0. The third kappa shape index (κ3) is 3.24. The van der Waals surface area contributed by atoms with Crippen LogP contribution in [0.25, 0.3) is 0 Å². The number of hydrogen-bond donors (Lipinski definition) is 1. The van der Waals surface area contributed by atoms with E-state index in [-0.39, 0.29) is 10.6 Å². The van der Waals surface area contributed by atoms with Gasteiger partial charge in [-0.15, -0.1) is 0 Å². The second-order valence-corrected chi connectivity index (χ2v) is 6.33. The molecule has 0 unspecified atom stereocenters. The van der Waals surface area contributed by atoms with Crippen LogP contribution < -0.4 is 5.32 Å². The molecule has 1 aromatic heterocycles. The van der Waals surface area contributed by atoms with Crippen LogP contribution in [0.4, 0.5) is 14.5 Å². The highest BCUT2D eigenvalue weighted by atomic mass is 32.2. The molecule has 0 spiro atoms. The molecule has 7 heteroatoms. The van der Waals surface area contributed by atoms with Crippen molar-refractivity contribution in [2.75, 3.05) is 5.32 Å². The van der Waals surface area contributed by atoms with Crippen molar-refractivity contribution >= 4 is 15.5 Å². The first-order chi connectivity index (χ1) is 9.96. The molecule has 4 nitrogen and oxygen atoms in total. The zero-order valence-electron chi connectivity index (χ0n) is 11.5. The van der Waals surface area contributed by atoms with Crippen LogP contribution in [0, 0.1) is 0 Å². The first-order valence-corrected chi connectivity index (χ1v) is 8.00. The fraction of sp³-hybridized carbons (Fsp3) is 0.286. The van der Waals surface area contributed by atoms with E-state index >= 15 is 0 Å². The van der Waals surface area contributed by atoms with Crippen molar-refractivity contribution < 1.29 is 17.2 Å². The highest BCUT2D eigenvalue weighted by Crippen LogP contribution is 2.26. The van der Waals surface area contributed by atoms with Gasteiger partial charge in [0.25, 0.3) is 0 Å². The van der Waals surface area contributed by atoms with Crippen molar-refractivity contribution in [3.8, 4) is 0 Å². The Balaban J connectivity index is 2.26. The minimum atomic E-state index is -4.62. The Morgan fingerprint density at radius 1 is 1.19 bits per heavy atom. The molecular formula is C14H16F2N2O2S. The molecule has 0 aliphatic carbocycles. The number of benzene rings is 1. The second kappa shape index (κ2) is 6.26. The number of halogens is 2. The Morgan fingerprint density at radius 2 is 1.90 bits per heavy atom. The van der Waals surface area contributed by atoms with Gasteiger partial charge in [0, 0.05) is 18.4 Å². The standard InChI is InChI=1S/C14H16F2N2O2S/c1-2-18-9-5-6-11(18)10-17-12-7-3-4-8-13(12)21(19,20)14(15)16/h3-9,14,17H,2,10H2,1H3. The maximum Gasteiger partial charge on any atom is 0.341 e. The summed E-state index contributed by atoms with van der Waals surface area (Å²) in [4.78, 5) is -0.380. The Kier molecular flexibility index (Phi) is 4.62. The summed E-state index contributed by atoms with van der Waals surface area (Å²) in [6, 6.07) is 9.46. The van der Waals surface area contributed by atoms with Gasteiger partial charge in [0.2, 0.25) is 9.84 Å². The minimum Gasteiger partial charge on any atom is -0.378 e. The maximum absolute atomic E-state index is 12.7. The lowest BCUT2D eigenvalue weighted by molar-refractivity contribution is 0.235. The summed E-state index contributed by atoms with van der Waals surface area (Å²) in [7, 11) is -4.62. The molecule has 1 heterocycles. The molecule has 21 heavy (non-hydrogen) atoms. The number of hydrogen-bond acceptors (Lipinski definition) is 3. The van der Waals surface area contributed by atoms with Gasteiger partial charge in [-0.2, -0.15) is 8.78 Å². The molecular weight excluding hydrogens is 298 g/mol. The van der Waals surface area contributed by atoms with Gasteiger partial charge >= 0.3 is 5.76 Å². The van der Waals surface area contributed by atoms with Crippen LogP contribution in [-0.2, 0) is 22.9 Å². The van der Waals surface area contributed by atoms with E-state index in [1.807, 2.05) is 29.8 Å². The van der Waals surface area contributed by atoms with Crippen LogP contribution in [0.1, 0.15) is 12.6 Å². The van der Waals surface area contributed by atoms with Crippen LogP contribution >= 0.6 is 0 Å². The van der Waals surface area contributed by atoms with E-state index in [1.54, 1.807) is 6.07 Å². The SMILES string of the molecule is CCn1cccc1CNc1ccccc1S(=O)(=O)C(F)F. The number of aryl methyl sites for hydroxylation is 1. The zero-order valence-corrected chi connectivity index (χ0v) is 12.3. The third-order valence-corrected chi connectivity index (χ3v) is 4.59. The topological polar surface area (TPSA) is 51.1 Å². The quantitative estimate of drug-likeness (QED) is 0.891. The van der Waals surface area contributed by atoms with Crippen molar-refractivity contribution in [3.63, 3.8) is 0 Å². The molecule has 2 aromatic rings. The second-order valence-electron chi connectivity index (χ2n) is 4.44. The fourth-order valence-corrected chi connectivity index (χ4v) is 2.97. The van der Waals surface area contributed by atoms with Crippen molar-refractivity contribution in [1.29, 1.82) is 0 Å². The Morgan fingerprint density at radius 3 is 2.57 bits per heavy atom. The summed E-state index contributed by atoms with van der Waals surface area (Å²) in [5.41, 5.74) is 1.13. The minimum absolute atomic E-state index is 0.182. The van der Waals surface area contributed by atoms with Crippen molar-refractivity contribution in [2.24, 2.45) is 0 Å². The Bertz CT molecular complexity index is 711. The van der Waals surface area contributed by atoms with Crippen LogP contribution in [0.15, 0.2) is 47.5 Å². The normalized spacial score (nSPS) is 11.8. The first-order valence-electron chi connectivity index (χ1n) is 6.45. The van der Waals surface area contributed by atoms with Gasteiger partial charge in [-0.3, -0.25) is 0 Å². The first kappa shape index (κ1) is 15.5. The predicted molar refractivity (Wildman–Crippen MR) is 77.1 cm³/mol. The Hall–Kier alpha value is -1.89. The van der Waals surface area contributed by atoms with E-state index in [9.17, 15) is 17.2 Å². The maximum atomic E-state index is 12.7. The molecule has 0 radical (unpaired) electrons. The van der Waals surface area contributed by atoms with E-state index in [2.05, 4.69) is 5.32 Å². The predicted octanol–water partition coefficient (Wildman–Crippen LogP) is 3.12. The number of aromatic nitrogens is 1. The van der Waals surface area contributed by atoms with Gasteiger partial charge in [0.15, 0.2) is 0 Å². The Labute approximate surface area is 122 Å². The molecule has 0 aliphatic heterocycles. The summed E-state index contributed by atoms with van der Waals surface area (Å²) < 4.78 is 50.6. The molecule has 0 aliphatic rings. The number of nitrogens with zero attached hydrogens (tertiary/aromatic N) is 1. The summed E-state index contributed by atoms with van der Waals surface area (Å²) in [6.07, 6.45) is 1.90. The van der Waals surface area contributed by atoms with E-state index in [0.717, 1.165) is 12.2 Å². The number of para-hydroxylation sites is 1. The number of alkyl halides is 2. The molecule has 0 fully saturated rings. The van der Waals surface area contributed by atoms with E-state index in [1.165, 1.54) is 18.2 Å². The van der Waals surface area contributed by atoms with Crippen molar-refractivity contribution in [1.82, 2.24) is 4.57 Å². The molecule has 2 rings (SSSR count). The zero-order chi connectivity index (χ0) is 15.5. The number of rotatable bonds is 6. The van der Waals surface area contributed by atoms with Crippen LogP contribution in [0.2, 0.25) is 0 Å². The largest absolute Gasteiger partial charge is 0.378 e. The van der Waals surface area contributed by atoms with Gasteiger partial charge in [-0.1, -0.05) is 12.1 Å². The smallest absolute Gasteiger partial charge is 0.341 e. The monoisotopic (exact) mass is 314 g/mol. The highest BCUT2D eigenvalue weighted by molar-refractivity contribution is 7.91. The van der Waals surface area contributed by atoms with E-state index in [0.29, 0.717) is 6.54 Å². The summed E-state index contributed by atoms with van der Waals surface area (Å²) in [5.74, 6) is -3.43. The molecule has 0 saturated carbocycles. The average Bonchev–Trinajstić information content (AvgIpc) is 2.92. The summed E-state index contributed by atoms with van der Waals surface area (Å²) in [5, 5.41) is 2.92. The molecule has 1 N–H and O–H groups in total. The average molecular weight is 314 g/mol. The lowest BCUT2D eigenvalue weighted by Crippen LogP contribution is -2.14. The van der Waals surface area contributed by atoms with Gasteiger partial charge < -0.3 is 9.88 Å². The highest BCUT2D eigenvalue weighted by Gasteiger charge is 2.28. The molecule has 0 bridgehead atoms. The fourth-order valence-electron chi connectivity index (χ4n) is 2.06. The molecule has 114 valence electrons. The lowest BCUT2D eigenvalue weighted by Gasteiger charge is -2.13. The van der Waals surface area contributed by atoms with E-state index in [4.69, 9.17) is 0 Å². The van der Waals surface area contributed by atoms with Gasteiger partial charge in [0.1, 0.15) is 0 Å². The molecule has 0 saturated heterocycles. The lowest BCUT2D eigenvalue weighted by atomic mass is 10.3. The third-order valence-electron chi connectivity index (χ3n) is 3.15. The van der Waals surface area contributed by atoms with Gasteiger partial charge in [0.05, 0.1) is 17.1 Å². The molecule has 1 aromatic carbocycles. The molecule has 0 amide bonds. The number of anilines is 1. The van der Waals surface area contributed by atoms with Crippen LogP contribution in [-0.4, -0.2) is 18.7 Å². The van der Waals surface area contributed by atoms with E-state index < -0.39 is 15.6 Å². The molecule has 0 atom stereocenters. The van der Waals surface area contributed by atoms with Crippen molar-refractivity contribution in [3.05, 3.63) is 48.3 Å². The van der Waals surface area contributed by atoms with Gasteiger partial charge in [-0.25, -0.2) is 8.42 Å². The number of nitrogens with one attached hydrogen (secondary N) is 1. The van der Waals surface area contributed by atoms with Crippen molar-refractivity contribution in [2.45, 2.75) is 30.7 Å².